The van der Waals surface area contributed by atoms with Crippen LogP contribution in [-0.4, -0.2) is 42.8 Å². The number of halogens is 1. The van der Waals surface area contributed by atoms with Gasteiger partial charge in [0.05, 0.1) is 21.6 Å². The number of amides is 1. The minimum absolute atomic E-state index is 0.155. The molecule has 216 valence electrons. The number of hydrogen-bond donors (Lipinski definition) is 0. The van der Waals surface area contributed by atoms with Crippen molar-refractivity contribution in [2.45, 2.75) is 59.3 Å². The fourth-order valence-corrected chi connectivity index (χ4v) is 7.22. The number of para-hydroxylation sites is 2. The first-order chi connectivity index (χ1) is 19.5. The average Bonchev–Trinajstić information content (AvgIpc) is 3.53. The number of anilines is 2. The maximum absolute atomic E-state index is 13.9. The molecule has 0 radical (unpaired) electrons. The lowest BCUT2D eigenvalue weighted by molar-refractivity contribution is -0.135. The molecule has 0 atom stereocenters. The Labute approximate surface area is 246 Å². The molecule has 9 nitrogen and oxygen atoms in total. The molecule has 2 heterocycles. The molecule has 41 heavy (non-hydrogen) atoms. The summed E-state index contributed by atoms with van der Waals surface area (Å²) in [4.78, 5) is 19.9. The smallest absolute Gasteiger partial charge is 0.267 e. The van der Waals surface area contributed by atoms with Crippen molar-refractivity contribution in [1.82, 2.24) is 9.59 Å². The predicted octanol–water partition coefficient (Wildman–Crippen LogP) is 6.29. The largest absolute Gasteiger partial charge is 0.277 e. The standard InChI is InChI=1S/C30H34ClN5O4S/c1-7-17-33(18-8-2)41(38,39)24-15-13-23(14-16-24)30(37)35-26-12-10-9-11-25(26)34-29(32-40-36(34)35)27-19(3)21(5)28(31)22(6)20(27)4/h9-16H,7-8,17-18H2,1-6H3. The summed E-state index contributed by atoms with van der Waals surface area (Å²) in [6.45, 7) is 12.7. The topological polar surface area (TPSA) is 85.8 Å². The fraction of sp³-hybridized carbons (Fsp3) is 0.333. The second-order valence-corrected chi connectivity index (χ2v) is 12.6. The molecule has 2 aliphatic heterocycles. The maximum atomic E-state index is 13.9. The van der Waals surface area contributed by atoms with E-state index in [9.17, 15) is 13.2 Å². The fourth-order valence-electron chi connectivity index (χ4n) is 5.31. The average molecular weight is 596 g/mol. The zero-order valence-electron chi connectivity index (χ0n) is 24.1. The summed E-state index contributed by atoms with van der Waals surface area (Å²) < 4.78 is 27.9. The van der Waals surface area contributed by atoms with E-state index in [2.05, 4.69) is 5.16 Å². The highest BCUT2D eigenvalue weighted by molar-refractivity contribution is 7.89. The van der Waals surface area contributed by atoms with Crippen molar-refractivity contribution in [2.75, 3.05) is 23.1 Å². The summed E-state index contributed by atoms with van der Waals surface area (Å²) in [7, 11) is -3.67. The zero-order valence-corrected chi connectivity index (χ0v) is 25.7. The van der Waals surface area contributed by atoms with Crippen LogP contribution in [0.25, 0.3) is 0 Å². The number of hydrazine groups is 2. The summed E-state index contributed by atoms with van der Waals surface area (Å²) in [6.07, 6.45) is 1.43. The van der Waals surface area contributed by atoms with Gasteiger partial charge in [0.25, 0.3) is 5.91 Å². The molecular formula is C30H34ClN5O4S. The molecule has 2 aliphatic rings. The third-order valence-corrected chi connectivity index (χ3v) is 10.2. The lowest BCUT2D eigenvalue weighted by atomic mass is 9.93. The van der Waals surface area contributed by atoms with Crippen LogP contribution in [0.4, 0.5) is 11.4 Å². The quantitative estimate of drug-likeness (QED) is 0.304. The van der Waals surface area contributed by atoms with Crippen molar-refractivity contribution < 1.29 is 18.2 Å². The molecule has 3 aromatic rings. The first kappa shape index (κ1) is 29.1. The highest BCUT2D eigenvalue weighted by atomic mass is 35.5. The molecule has 0 fully saturated rings. The molecule has 0 N–H and O–H groups in total. The van der Waals surface area contributed by atoms with Crippen molar-refractivity contribution in [2.24, 2.45) is 5.16 Å². The van der Waals surface area contributed by atoms with Crippen LogP contribution in [0.5, 0.6) is 0 Å². The summed E-state index contributed by atoms with van der Waals surface area (Å²) in [5.74, 6) is 0.148. The van der Waals surface area contributed by atoms with E-state index in [1.807, 2.05) is 65.8 Å². The van der Waals surface area contributed by atoms with E-state index in [1.54, 1.807) is 5.01 Å². The van der Waals surface area contributed by atoms with Crippen LogP contribution in [0, 0.1) is 27.7 Å². The minimum Gasteiger partial charge on any atom is -0.267 e. The minimum atomic E-state index is -3.67. The Kier molecular flexibility index (Phi) is 7.86. The van der Waals surface area contributed by atoms with Gasteiger partial charge in [-0.1, -0.05) is 37.6 Å². The van der Waals surface area contributed by atoms with Gasteiger partial charge >= 0.3 is 0 Å². The number of nitrogens with zero attached hydrogens (tertiary/aromatic N) is 5. The number of fused-ring (bicyclic) bond motifs is 3. The first-order valence-electron chi connectivity index (χ1n) is 13.7. The van der Waals surface area contributed by atoms with E-state index in [4.69, 9.17) is 16.5 Å². The number of benzene rings is 3. The molecule has 3 aromatic carbocycles. The Morgan fingerprint density at radius 3 is 2.00 bits per heavy atom. The van der Waals surface area contributed by atoms with Gasteiger partial charge in [-0.15, -0.1) is 0 Å². The van der Waals surface area contributed by atoms with Crippen molar-refractivity contribution in [1.29, 1.82) is 0 Å². The van der Waals surface area contributed by atoms with Gasteiger partial charge < -0.3 is 0 Å². The molecule has 0 aromatic heterocycles. The molecule has 0 aliphatic carbocycles. The lowest BCUT2D eigenvalue weighted by Crippen LogP contribution is -2.49. The summed E-state index contributed by atoms with van der Waals surface area (Å²) >= 11 is 6.59. The molecule has 0 saturated carbocycles. The van der Waals surface area contributed by atoms with Crippen LogP contribution in [-0.2, 0) is 15.0 Å². The predicted molar refractivity (Wildman–Crippen MR) is 161 cm³/mol. The second-order valence-electron chi connectivity index (χ2n) is 10.3. The number of oxime groups is 1. The molecule has 5 rings (SSSR count). The maximum Gasteiger partial charge on any atom is 0.277 e. The van der Waals surface area contributed by atoms with Crippen molar-refractivity contribution in [3.05, 3.63) is 86.9 Å². The van der Waals surface area contributed by atoms with Crippen LogP contribution in [0.2, 0.25) is 5.02 Å². The van der Waals surface area contributed by atoms with Gasteiger partial charge in [0.2, 0.25) is 15.9 Å². The second kappa shape index (κ2) is 11.1. The van der Waals surface area contributed by atoms with Gasteiger partial charge in [0.1, 0.15) is 0 Å². The Morgan fingerprint density at radius 1 is 0.878 bits per heavy atom. The van der Waals surface area contributed by atoms with Gasteiger partial charge in [0, 0.05) is 29.2 Å². The van der Waals surface area contributed by atoms with Crippen LogP contribution in [0.1, 0.15) is 64.9 Å². The van der Waals surface area contributed by atoms with E-state index in [0.29, 0.717) is 30.2 Å². The molecule has 1 amide bonds. The van der Waals surface area contributed by atoms with Crippen LogP contribution < -0.4 is 10.0 Å². The number of rotatable bonds is 8. The third kappa shape index (κ3) is 4.68. The van der Waals surface area contributed by atoms with Gasteiger partial charge in [0.15, 0.2) is 0 Å². The van der Waals surface area contributed by atoms with Gasteiger partial charge in [-0.3, -0.25) is 9.73 Å². The molecule has 0 spiro atoms. The Bertz CT molecular complexity index is 1620. The van der Waals surface area contributed by atoms with E-state index in [0.717, 1.165) is 51.4 Å². The van der Waals surface area contributed by atoms with Crippen LogP contribution >= 0.6 is 11.6 Å². The number of sulfonamides is 1. The molecule has 0 bridgehead atoms. The van der Waals surface area contributed by atoms with Crippen molar-refractivity contribution >= 4 is 44.7 Å². The number of amidine groups is 1. The third-order valence-electron chi connectivity index (χ3n) is 7.72. The molecule has 0 saturated heterocycles. The van der Waals surface area contributed by atoms with Crippen molar-refractivity contribution in [3.63, 3.8) is 0 Å². The SMILES string of the molecule is CCCN(CCC)S(=O)(=O)c1ccc(C(=O)N2c3ccccc3N3C(c4c(C)c(C)c(Cl)c(C)c4C)=NON23)cc1. The highest BCUT2D eigenvalue weighted by Crippen LogP contribution is 2.44. The normalized spacial score (nSPS) is 14.8. The highest BCUT2D eigenvalue weighted by Gasteiger charge is 2.47. The summed E-state index contributed by atoms with van der Waals surface area (Å²) in [5.41, 5.74) is 6.38. The number of carbonyl (C=O) groups is 1. The Balaban J connectivity index is 1.50. The summed E-state index contributed by atoms with van der Waals surface area (Å²) in [6, 6.07) is 13.5. The number of hydrogen-bond acceptors (Lipinski definition) is 7. The molecule has 11 heteroatoms. The lowest BCUT2D eigenvalue weighted by Gasteiger charge is -2.26. The summed E-state index contributed by atoms with van der Waals surface area (Å²) in [5, 5.41) is 9.61. The Hall–Kier alpha value is -3.44. The van der Waals surface area contributed by atoms with E-state index < -0.39 is 15.9 Å². The number of carbonyl (C=O) groups excluding carboxylic acids is 1. The van der Waals surface area contributed by atoms with Gasteiger partial charge in [-0.2, -0.15) is 14.3 Å². The molecule has 0 unspecified atom stereocenters. The van der Waals surface area contributed by atoms with Gasteiger partial charge in [-0.25, -0.2) is 8.42 Å². The van der Waals surface area contributed by atoms with Gasteiger partial charge in [-0.05, 0) is 104 Å². The zero-order chi connectivity index (χ0) is 29.6. The van der Waals surface area contributed by atoms with E-state index in [-0.39, 0.29) is 4.90 Å². The molecular weight excluding hydrogens is 562 g/mol. The van der Waals surface area contributed by atoms with Crippen LogP contribution in [0.3, 0.4) is 0 Å². The first-order valence-corrected chi connectivity index (χ1v) is 15.5. The van der Waals surface area contributed by atoms with Crippen molar-refractivity contribution in [3.8, 4) is 0 Å². The van der Waals surface area contributed by atoms with Crippen LogP contribution in [0.15, 0.2) is 58.6 Å². The van der Waals surface area contributed by atoms with E-state index >= 15 is 0 Å². The monoisotopic (exact) mass is 595 g/mol. The Morgan fingerprint density at radius 2 is 1.44 bits per heavy atom. The van der Waals surface area contributed by atoms with E-state index in [1.165, 1.54) is 38.9 Å².